The molecule has 186 valence electrons. The highest BCUT2D eigenvalue weighted by Gasteiger charge is 2.30. The summed E-state index contributed by atoms with van der Waals surface area (Å²) in [6.45, 7) is 10.8. The van der Waals surface area contributed by atoms with Crippen LogP contribution in [0.3, 0.4) is 0 Å². The van der Waals surface area contributed by atoms with Crippen LogP contribution in [-0.4, -0.2) is 87.7 Å². The highest BCUT2D eigenvalue weighted by Crippen LogP contribution is 2.27. The molecule has 2 aliphatic rings. The molecule has 2 saturated heterocycles. The minimum atomic E-state index is -3.48. The molecular formula is C26H37N3O4S. The van der Waals surface area contributed by atoms with Gasteiger partial charge in [-0.1, -0.05) is 37.3 Å². The van der Waals surface area contributed by atoms with E-state index >= 15 is 0 Å². The van der Waals surface area contributed by atoms with E-state index in [9.17, 15) is 8.42 Å². The highest BCUT2D eigenvalue weighted by molar-refractivity contribution is 7.89. The first-order valence-corrected chi connectivity index (χ1v) is 13.8. The van der Waals surface area contributed by atoms with Gasteiger partial charge in [0.05, 0.1) is 18.1 Å². The van der Waals surface area contributed by atoms with Crippen LogP contribution in [-0.2, 0) is 14.8 Å². The molecule has 0 saturated carbocycles. The first-order chi connectivity index (χ1) is 16.5. The van der Waals surface area contributed by atoms with Crippen LogP contribution >= 0.6 is 0 Å². The molecule has 0 bridgehead atoms. The van der Waals surface area contributed by atoms with E-state index in [2.05, 4.69) is 54.0 Å². The third kappa shape index (κ3) is 5.98. The van der Waals surface area contributed by atoms with Crippen molar-refractivity contribution in [2.75, 3.05) is 59.1 Å². The average molecular weight is 488 g/mol. The Kier molecular flexibility index (Phi) is 8.60. The lowest BCUT2D eigenvalue weighted by Gasteiger charge is -2.29. The molecule has 7 nitrogen and oxygen atoms in total. The van der Waals surface area contributed by atoms with Crippen LogP contribution in [0.2, 0.25) is 0 Å². The fourth-order valence-electron chi connectivity index (χ4n) is 4.88. The molecule has 34 heavy (non-hydrogen) atoms. The van der Waals surface area contributed by atoms with Gasteiger partial charge in [-0.05, 0) is 49.7 Å². The van der Waals surface area contributed by atoms with Crippen molar-refractivity contribution in [3.8, 4) is 5.75 Å². The number of morpholine rings is 1. The maximum absolute atomic E-state index is 12.8. The zero-order valence-electron chi connectivity index (χ0n) is 20.3. The lowest BCUT2D eigenvalue weighted by atomic mass is 10.1. The van der Waals surface area contributed by atoms with E-state index in [0.717, 1.165) is 26.2 Å². The van der Waals surface area contributed by atoms with E-state index in [-0.39, 0.29) is 0 Å². The van der Waals surface area contributed by atoms with Crippen LogP contribution in [0.4, 0.5) is 0 Å². The Balaban J connectivity index is 1.26. The monoisotopic (exact) mass is 487 g/mol. The van der Waals surface area contributed by atoms with E-state index in [4.69, 9.17) is 9.47 Å². The van der Waals surface area contributed by atoms with Gasteiger partial charge < -0.3 is 9.47 Å². The standard InChI is InChI=1S/C26H37N3O4S/c1-3-27(24-13-14-28(21-24)22(2)23-7-5-4-6-8-23)15-20-33-25-9-11-26(12-10-25)34(30,31)29-16-18-32-19-17-29/h4-12,22,24H,3,13-21H2,1-2H3. The number of likely N-dealkylation sites (tertiary alicyclic amines) is 1. The molecule has 0 aliphatic carbocycles. The molecule has 2 aromatic rings. The fraction of sp³-hybridized carbons (Fsp3) is 0.538. The first kappa shape index (κ1) is 25.1. The van der Waals surface area contributed by atoms with Crippen LogP contribution in [0.15, 0.2) is 59.5 Å². The normalized spacial score (nSPS) is 21.1. The number of benzene rings is 2. The largest absolute Gasteiger partial charge is 0.492 e. The van der Waals surface area contributed by atoms with E-state index in [1.807, 2.05) is 0 Å². The van der Waals surface area contributed by atoms with Crippen molar-refractivity contribution in [2.45, 2.75) is 37.2 Å². The number of sulfonamides is 1. The molecule has 2 fully saturated rings. The van der Waals surface area contributed by atoms with E-state index in [0.29, 0.717) is 55.6 Å². The van der Waals surface area contributed by atoms with Gasteiger partial charge in [0.1, 0.15) is 12.4 Å². The Labute approximate surface area is 204 Å². The van der Waals surface area contributed by atoms with Crippen molar-refractivity contribution < 1.29 is 17.9 Å². The molecule has 2 aliphatic heterocycles. The van der Waals surface area contributed by atoms with E-state index < -0.39 is 10.0 Å². The topological polar surface area (TPSA) is 62.3 Å². The minimum absolute atomic E-state index is 0.301. The average Bonchev–Trinajstić information content (AvgIpc) is 3.37. The van der Waals surface area contributed by atoms with E-state index in [1.165, 1.54) is 16.3 Å². The predicted molar refractivity (Wildman–Crippen MR) is 134 cm³/mol. The number of rotatable bonds is 10. The number of hydrogen-bond donors (Lipinski definition) is 0. The Morgan fingerprint density at radius 2 is 1.76 bits per heavy atom. The van der Waals surface area contributed by atoms with Gasteiger partial charge in [-0.25, -0.2) is 8.42 Å². The summed E-state index contributed by atoms with van der Waals surface area (Å²) in [5, 5.41) is 0. The van der Waals surface area contributed by atoms with Gasteiger partial charge >= 0.3 is 0 Å². The molecule has 4 rings (SSSR count). The van der Waals surface area contributed by atoms with Gasteiger partial charge in [-0.2, -0.15) is 4.31 Å². The molecule has 8 heteroatoms. The molecule has 0 spiro atoms. The quantitative estimate of drug-likeness (QED) is 0.513. The zero-order chi connectivity index (χ0) is 24.0. The lowest BCUT2D eigenvalue weighted by Crippen LogP contribution is -2.40. The van der Waals surface area contributed by atoms with Gasteiger partial charge in [0, 0.05) is 44.8 Å². The summed E-state index contributed by atoms with van der Waals surface area (Å²) in [7, 11) is -3.48. The summed E-state index contributed by atoms with van der Waals surface area (Å²) in [6, 6.07) is 18.4. The van der Waals surface area contributed by atoms with Crippen molar-refractivity contribution in [1.82, 2.24) is 14.1 Å². The number of hydrogen-bond acceptors (Lipinski definition) is 6. The number of nitrogens with zero attached hydrogens (tertiary/aromatic N) is 3. The van der Waals surface area contributed by atoms with E-state index in [1.54, 1.807) is 24.3 Å². The van der Waals surface area contributed by atoms with Crippen molar-refractivity contribution in [3.05, 3.63) is 60.2 Å². The van der Waals surface area contributed by atoms with Gasteiger partial charge in [-0.3, -0.25) is 9.80 Å². The maximum atomic E-state index is 12.8. The van der Waals surface area contributed by atoms with Crippen molar-refractivity contribution in [3.63, 3.8) is 0 Å². The second-order valence-electron chi connectivity index (χ2n) is 8.99. The van der Waals surface area contributed by atoms with Crippen LogP contribution in [0.25, 0.3) is 0 Å². The van der Waals surface area contributed by atoms with Gasteiger partial charge in [0.25, 0.3) is 0 Å². The van der Waals surface area contributed by atoms with Gasteiger partial charge in [0.2, 0.25) is 10.0 Å². The zero-order valence-corrected chi connectivity index (χ0v) is 21.1. The first-order valence-electron chi connectivity index (χ1n) is 12.3. The fourth-order valence-corrected chi connectivity index (χ4v) is 6.29. The molecule has 2 aromatic carbocycles. The Hall–Kier alpha value is -1.97. The van der Waals surface area contributed by atoms with Crippen molar-refractivity contribution in [2.24, 2.45) is 0 Å². The molecule has 0 radical (unpaired) electrons. The number of ether oxygens (including phenoxy) is 2. The summed E-state index contributed by atoms with van der Waals surface area (Å²) in [4.78, 5) is 5.36. The molecule has 2 unspecified atom stereocenters. The molecule has 2 atom stereocenters. The summed E-state index contributed by atoms with van der Waals surface area (Å²) in [6.07, 6.45) is 1.17. The van der Waals surface area contributed by atoms with Gasteiger partial charge in [0.15, 0.2) is 0 Å². The second kappa shape index (κ2) is 11.6. The molecule has 2 heterocycles. The SMILES string of the molecule is CCN(CCOc1ccc(S(=O)(=O)N2CCOCC2)cc1)C1CCN(C(C)c2ccccc2)C1. The van der Waals surface area contributed by atoms with Crippen LogP contribution in [0.5, 0.6) is 5.75 Å². The number of likely N-dealkylation sites (N-methyl/N-ethyl adjacent to an activating group) is 1. The van der Waals surface area contributed by atoms with Gasteiger partial charge in [-0.15, -0.1) is 0 Å². The minimum Gasteiger partial charge on any atom is -0.492 e. The van der Waals surface area contributed by atoms with Crippen LogP contribution in [0, 0.1) is 0 Å². The smallest absolute Gasteiger partial charge is 0.243 e. The Morgan fingerprint density at radius 3 is 2.44 bits per heavy atom. The predicted octanol–water partition coefficient (Wildman–Crippen LogP) is 3.24. The molecule has 0 N–H and O–H groups in total. The maximum Gasteiger partial charge on any atom is 0.243 e. The summed E-state index contributed by atoms with van der Waals surface area (Å²) < 4.78 is 38.3. The van der Waals surface area contributed by atoms with Crippen LogP contribution in [0.1, 0.15) is 31.9 Å². The highest BCUT2D eigenvalue weighted by atomic mass is 32.2. The molecular weight excluding hydrogens is 450 g/mol. The van der Waals surface area contributed by atoms with Crippen LogP contribution < -0.4 is 4.74 Å². The lowest BCUT2D eigenvalue weighted by molar-refractivity contribution is 0.0730. The Morgan fingerprint density at radius 1 is 1.06 bits per heavy atom. The third-order valence-corrected chi connectivity index (χ3v) is 8.94. The summed E-state index contributed by atoms with van der Waals surface area (Å²) >= 11 is 0. The molecule has 0 amide bonds. The second-order valence-corrected chi connectivity index (χ2v) is 10.9. The summed E-state index contributed by atoms with van der Waals surface area (Å²) in [5.74, 6) is 0.697. The van der Waals surface area contributed by atoms with Crippen molar-refractivity contribution >= 4 is 10.0 Å². The summed E-state index contributed by atoms with van der Waals surface area (Å²) in [5.41, 5.74) is 1.37. The third-order valence-electron chi connectivity index (χ3n) is 7.03. The van der Waals surface area contributed by atoms with Crippen molar-refractivity contribution in [1.29, 1.82) is 0 Å². The Bertz CT molecular complexity index is 994. The molecule has 0 aromatic heterocycles.